The molecule has 1 aromatic rings. The maximum absolute atomic E-state index is 11.2. The number of ether oxygens (including phenoxy) is 2. The van der Waals surface area contributed by atoms with Crippen LogP contribution in [-0.2, 0) is 11.3 Å². The van der Waals surface area contributed by atoms with Gasteiger partial charge in [-0.25, -0.2) is 0 Å². The first-order chi connectivity index (χ1) is 9.53. The minimum atomic E-state index is -0.820. The van der Waals surface area contributed by atoms with Crippen molar-refractivity contribution in [3.63, 3.8) is 0 Å². The molecule has 5 nitrogen and oxygen atoms in total. The summed E-state index contributed by atoms with van der Waals surface area (Å²) < 4.78 is 10.4. The Morgan fingerprint density at radius 1 is 1.30 bits per heavy atom. The molecule has 0 bridgehead atoms. The molecule has 1 aromatic carbocycles. The molecule has 0 aliphatic heterocycles. The van der Waals surface area contributed by atoms with Crippen molar-refractivity contribution < 1.29 is 19.4 Å². The molecule has 2 N–H and O–H groups in total. The van der Waals surface area contributed by atoms with Crippen molar-refractivity contribution in [3.8, 4) is 11.5 Å². The van der Waals surface area contributed by atoms with E-state index in [4.69, 9.17) is 9.47 Å². The van der Waals surface area contributed by atoms with E-state index in [1.165, 1.54) is 0 Å². The Bertz CT molecular complexity index is 447. The zero-order chi connectivity index (χ0) is 15.1. The Morgan fingerprint density at radius 2 is 1.95 bits per heavy atom. The lowest BCUT2D eigenvalue weighted by molar-refractivity contribution is -0.140. The summed E-state index contributed by atoms with van der Waals surface area (Å²) in [6, 6.07) is 5.01. The molecule has 0 fully saturated rings. The summed E-state index contributed by atoms with van der Waals surface area (Å²) >= 11 is 0. The zero-order valence-electron chi connectivity index (χ0n) is 12.5. The molecular formula is C15H23NO4. The summed E-state index contributed by atoms with van der Waals surface area (Å²) in [5.41, 5.74) is 0.956. The van der Waals surface area contributed by atoms with Crippen LogP contribution < -0.4 is 14.8 Å². The van der Waals surface area contributed by atoms with Gasteiger partial charge in [-0.2, -0.15) is 0 Å². The Morgan fingerprint density at radius 3 is 2.45 bits per heavy atom. The number of carbonyl (C=O) groups is 1. The number of nitrogens with one attached hydrogen (secondary N) is 1. The van der Waals surface area contributed by atoms with Gasteiger partial charge in [-0.15, -0.1) is 0 Å². The molecule has 0 radical (unpaired) electrons. The molecule has 0 heterocycles. The molecule has 0 aliphatic carbocycles. The van der Waals surface area contributed by atoms with Crippen LogP contribution in [0, 0.1) is 5.92 Å². The van der Waals surface area contributed by atoms with E-state index in [-0.39, 0.29) is 5.92 Å². The van der Waals surface area contributed by atoms with Gasteiger partial charge >= 0.3 is 5.97 Å². The van der Waals surface area contributed by atoms with Gasteiger partial charge in [0.1, 0.15) is 6.04 Å². The Hall–Kier alpha value is -1.75. The Kier molecular flexibility index (Phi) is 6.31. The highest BCUT2D eigenvalue weighted by Crippen LogP contribution is 2.27. The summed E-state index contributed by atoms with van der Waals surface area (Å²) in [7, 11) is 3.16. The van der Waals surface area contributed by atoms with Gasteiger partial charge in [0.05, 0.1) is 14.2 Å². The average molecular weight is 281 g/mol. The largest absolute Gasteiger partial charge is 0.493 e. The summed E-state index contributed by atoms with van der Waals surface area (Å²) in [5.74, 6) is 0.558. The van der Waals surface area contributed by atoms with E-state index < -0.39 is 12.0 Å². The fourth-order valence-electron chi connectivity index (χ4n) is 1.99. The number of hydrogen-bond acceptors (Lipinski definition) is 4. The summed E-state index contributed by atoms with van der Waals surface area (Å²) in [5, 5.41) is 12.3. The number of carboxylic acid groups (broad SMARTS) is 1. The van der Waals surface area contributed by atoms with Crippen LogP contribution in [0.5, 0.6) is 11.5 Å². The molecule has 0 saturated heterocycles. The minimum Gasteiger partial charge on any atom is -0.493 e. The van der Waals surface area contributed by atoms with E-state index in [0.717, 1.165) is 12.0 Å². The summed E-state index contributed by atoms with van der Waals surface area (Å²) in [4.78, 5) is 11.2. The quantitative estimate of drug-likeness (QED) is 0.765. The van der Waals surface area contributed by atoms with E-state index in [0.29, 0.717) is 18.0 Å². The van der Waals surface area contributed by atoms with Crippen molar-refractivity contribution in [2.45, 2.75) is 32.9 Å². The molecule has 0 spiro atoms. The second kappa shape index (κ2) is 7.75. The van der Waals surface area contributed by atoms with Crippen molar-refractivity contribution in [2.24, 2.45) is 5.92 Å². The van der Waals surface area contributed by atoms with Gasteiger partial charge in [0.15, 0.2) is 11.5 Å². The summed E-state index contributed by atoms with van der Waals surface area (Å²) in [6.07, 6.45) is 0.815. The topological polar surface area (TPSA) is 67.8 Å². The molecular weight excluding hydrogens is 258 g/mol. The van der Waals surface area contributed by atoms with Crippen molar-refractivity contribution in [1.82, 2.24) is 5.32 Å². The van der Waals surface area contributed by atoms with Crippen LogP contribution in [0.4, 0.5) is 0 Å². The number of rotatable bonds is 8. The number of methoxy groups -OCH3 is 2. The molecule has 0 aliphatic rings. The lowest BCUT2D eigenvalue weighted by Gasteiger charge is -2.20. The zero-order valence-corrected chi connectivity index (χ0v) is 12.5. The standard InChI is InChI=1S/C15H23NO4/c1-5-10(2)14(15(17)18)16-9-11-6-7-12(19-3)13(8-11)20-4/h6-8,10,14,16H,5,9H2,1-4H3,(H,17,18). The highest BCUT2D eigenvalue weighted by atomic mass is 16.5. The van der Waals surface area contributed by atoms with Crippen LogP contribution in [0.3, 0.4) is 0 Å². The minimum absolute atomic E-state index is 0.0765. The maximum atomic E-state index is 11.2. The highest BCUT2D eigenvalue weighted by Gasteiger charge is 2.22. The van der Waals surface area contributed by atoms with Gasteiger partial charge < -0.3 is 19.9 Å². The fraction of sp³-hybridized carbons (Fsp3) is 0.533. The maximum Gasteiger partial charge on any atom is 0.320 e. The molecule has 0 amide bonds. The molecule has 1 rings (SSSR count). The third-order valence-corrected chi connectivity index (χ3v) is 3.45. The van der Waals surface area contributed by atoms with Gasteiger partial charge in [0.2, 0.25) is 0 Å². The van der Waals surface area contributed by atoms with Crippen LogP contribution in [-0.4, -0.2) is 31.3 Å². The molecule has 0 saturated carbocycles. The average Bonchev–Trinajstić information content (AvgIpc) is 2.46. The van der Waals surface area contributed by atoms with E-state index in [2.05, 4.69) is 5.32 Å². The second-order valence-electron chi connectivity index (χ2n) is 4.77. The van der Waals surface area contributed by atoms with Crippen LogP contribution in [0.2, 0.25) is 0 Å². The second-order valence-corrected chi connectivity index (χ2v) is 4.77. The van der Waals surface area contributed by atoms with E-state index in [1.54, 1.807) is 14.2 Å². The third kappa shape index (κ3) is 4.13. The van der Waals surface area contributed by atoms with Crippen molar-refractivity contribution in [3.05, 3.63) is 23.8 Å². The fourth-order valence-corrected chi connectivity index (χ4v) is 1.99. The number of benzene rings is 1. The van der Waals surface area contributed by atoms with E-state index in [9.17, 15) is 9.90 Å². The molecule has 2 atom stereocenters. The number of hydrogen-bond donors (Lipinski definition) is 2. The van der Waals surface area contributed by atoms with Gasteiger partial charge in [0, 0.05) is 6.54 Å². The van der Waals surface area contributed by atoms with Crippen LogP contribution in [0.15, 0.2) is 18.2 Å². The van der Waals surface area contributed by atoms with Gasteiger partial charge in [0.25, 0.3) is 0 Å². The molecule has 0 aromatic heterocycles. The van der Waals surface area contributed by atoms with Crippen LogP contribution in [0.1, 0.15) is 25.8 Å². The monoisotopic (exact) mass is 281 g/mol. The molecule has 2 unspecified atom stereocenters. The van der Waals surface area contributed by atoms with Gasteiger partial charge in [-0.3, -0.25) is 4.79 Å². The molecule has 5 heteroatoms. The first kappa shape index (κ1) is 16.3. The third-order valence-electron chi connectivity index (χ3n) is 3.45. The first-order valence-corrected chi connectivity index (χ1v) is 6.70. The van der Waals surface area contributed by atoms with Crippen molar-refractivity contribution in [1.29, 1.82) is 0 Å². The lowest BCUT2D eigenvalue weighted by Crippen LogP contribution is -2.41. The predicted molar refractivity (Wildman–Crippen MR) is 77.3 cm³/mol. The van der Waals surface area contributed by atoms with E-state index in [1.807, 2.05) is 32.0 Å². The smallest absolute Gasteiger partial charge is 0.320 e. The lowest BCUT2D eigenvalue weighted by atomic mass is 9.99. The SMILES string of the molecule is CCC(C)C(NCc1ccc(OC)c(OC)c1)C(=O)O. The normalized spacial score (nSPS) is 13.6. The van der Waals surface area contributed by atoms with Gasteiger partial charge in [-0.05, 0) is 23.6 Å². The first-order valence-electron chi connectivity index (χ1n) is 6.70. The molecule has 20 heavy (non-hydrogen) atoms. The Labute approximate surface area is 119 Å². The van der Waals surface area contributed by atoms with Crippen molar-refractivity contribution >= 4 is 5.97 Å². The molecule has 112 valence electrons. The van der Waals surface area contributed by atoms with Crippen LogP contribution >= 0.6 is 0 Å². The summed E-state index contributed by atoms with van der Waals surface area (Å²) in [6.45, 7) is 4.39. The van der Waals surface area contributed by atoms with Crippen LogP contribution in [0.25, 0.3) is 0 Å². The highest BCUT2D eigenvalue weighted by molar-refractivity contribution is 5.73. The Balaban J connectivity index is 2.75. The predicted octanol–water partition coefficient (Wildman–Crippen LogP) is 2.29. The number of aliphatic carboxylic acids is 1. The van der Waals surface area contributed by atoms with Gasteiger partial charge in [-0.1, -0.05) is 26.3 Å². The number of carboxylic acids is 1. The van der Waals surface area contributed by atoms with Crippen molar-refractivity contribution in [2.75, 3.05) is 14.2 Å². The van der Waals surface area contributed by atoms with E-state index >= 15 is 0 Å².